The SMILES string of the molecule is Cc1ccc(Br)nc1C(=O)N1CC(F)(F)CC[C@@H]1CN1CCCC1=O. The third kappa shape index (κ3) is 3.99. The van der Waals surface area contributed by atoms with Crippen molar-refractivity contribution >= 4 is 27.7 Å². The zero-order valence-electron chi connectivity index (χ0n) is 14.0. The Morgan fingerprint density at radius 3 is 2.88 bits per heavy atom. The van der Waals surface area contributed by atoms with Crippen LogP contribution < -0.4 is 0 Å². The second kappa shape index (κ2) is 6.97. The Labute approximate surface area is 153 Å². The van der Waals surface area contributed by atoms with E-state index in [0.29, 0.717) is 29.7 Å². The van der Waals surface area contributed by atoms with Gasteiger partial charge in [0, 0.05) is 25.9 Å². The van der Waals surface area contributed by atoms with Crippen LogP contribution in [-0.4, -0.2) is 58.2 Å². The maximum atomic E-state index is 14.0. The molecule has 5 nitrogen and oxygen atoms in total. The maximum absolute atomic E-state index is 14.0. The van der Waals surface area contributed by atoms with Crippen molar-refractivity contribution in [2.24, 2.45) is 0 Å². The van der Waals surface area contributed by atoms with E-state index >= 15 is 0 Å². The van der Waals surface area contributed by atoms with Gasteiger partial charge >= 0.3 is 0 Å². The molecule has 2 amide bonds. The predicted octanol–water partition coefficient (Wildman–Crippen LogP) is 3.01. The molecule has 136 valence electrons. The molecular formula is C17H20BrF2N3O2. The van der Waals surface area contributed by atoms with Crippen molar-refractivity contribution in [3.8, 4) is 0 Å². The van der Waals surface area contributed by atoms with Crippen LogP contribution in [0.1, 0.15) is 41.7 Å². The lowest BCUT2D eigenvalue weighted by atomic mass is 9.97. The van der Waals surface area contributed by atoms with E-state index < -0.39 is 24.4 Å². The van der Waals surface area contributed by atoms with Crippen molar-refractivity contribution in [3.05, 3.63) is 28.0 Å². The van der Waals surface area contributed by atoms with E-state index in [9.17, 15) is 18.4 Å². The van der Waals surface area contributed by atoms with Crippen molar-refractivity contribution in [1.82, 2.24) is 14.8 Å². The van der Waals surface area contributed by atoms with E-state index in [2.05, 4.69) is 20.9 Å². The molecule has 1 aromatic heterocycles. The first-order valence-corrected chi connectivity index (χ1v) is 9.16. The van der Waals surface area contributed by atoms with E-state index in [0.717, 1.165) is 6.42 Å². The van der Waals surface area contributed by atoms with Gasteiger partial charge in [-0.2, -0.15) is 0 Å². The summed E-state index contributed by atoms with van der Waals surface area (Å²) < 4.78 is 28.4. The number of amides is 2. The number of likely N-dealkylation sites (tertiary alicyclic amines) is 2. The van der Waals surface area contributed by atoms with E-state index in [1.54, 1.807) is 24.0 Å². The Morgan fingerprint density at radius 1 is 1.44 bits per heavy atom. The topological polar surface area (TPSA) is 53.5 Å². The summed E-state index contributed by atoms with van der Waals surface area (Å²) in [7, 11) is 0. The third-order valence-electron chi connectivity index (χ3n) is 4.81. The molecule has 25 heavy (non-hydrogen) atoms. The zero-order chi connectivity index (χ0) is 18.2. The van der Waals surface area contributed by atoms with E-state index in [4.69, 9.17) is 0 Å². The van der Waals surface area contributed by atoms with Crippen LogP contribution in [0.2, 0.25) is 0 Å². The normalized spacial score (nSPS) is 23.2. The molecule has 1 atom stereocenters. The molecule has 2 saturated heterocycles. The second-order valence-corrected chi connectivity index (χ2v) is 7.54. The summed E-state index contributed by atoms with van der Waals surface area (Å²) >= 11 is 3.22. The molecule has 0 radical (unpaired) electrons. The number of alkyl halides is 2. The zero-order valence-corrected chi connectivity index (χ0v) is 15.6. The molecule has 2 aliphatic heterocycles. The minimum absolute atomic E-state index is 0.0292. The van der Waals surface area contributed by atoms with Crippen molar-refractivity contribution in [1.29, 1.82) is 0 Å². The Morgan fingerprint density at radius 2 is 2.20 bits per heavy atom. The largest absolute Gasteiger partial charge is 0.341 e. The number of nitrogens with zero attached hydrogens (tertiary/aromatic N) is 3. The fourth-order valence-corrected chi connectivity index (χ4v) is 3.74. The summed E-state index contributed by atoms with van der Waals surface area (Å²) in [5.74, 6) is -3.39. The molecule has 2 aliphatic rings. The summed E-state index contributed by atoms with van der Waals surface area (Å²) in [6.07, 6.45) is 1.18. The van der Waals surface area contributed by atoms with Gasteiger partial charge in [0.05, 0.1) is 12.6 Å². The molecule has 0 spiro atoms. The Hall–Kier alpha value is -1.57. The van der Waals surface area contributed by atoms with Crippen molar-refractivity contribution in [2.45, 2.75) is 44.6 Å². The van der Waals surface area contributed by atoms with Crippen LogP contribution in [0.4, 0.5) is 8.78 Å². The lowest BCUT2D eigenvalue weighted by molar-refractivity contribution is -0.129. The number of aryl methyl sites for hydroxylation is 1. The van der Waals surface area contributed by atoms with E-state index in [1.807, 2.05) is 0 Å². The molecule has 1 aromatic rings. The number of hydrogen-bond donors (Lipinski definition) is 0. The van der Waals surface area contributed by atoms with Crippen LogP contribution in [0.25, 0.3) is 0 Å². The number of pyridine rings is 1. The Bertz CT molecular complexity index is 698. The molecule has 0 saturated carbocycles. The van der Waals surface area contributed by atoms with Gasteiger partial charge in [-0.15, -0.1) is 0 Å². The quantitative estimate of drug-likeness (QED) is 0.712. The van der Waals surface area contributed by atoms with Gasteiger partial charge in [-0.05, 0) is 47.3 Å². The third-order valence-corrected chi connectivity index (χ3v) is 5.26. The summed E-state index contributed by atoms with van der Waals surface area (Å²) in [4.78, 5) is 31.9. The Kier molecular flexibility index (Phi) is 5.09. The smallest absolute Gasteiger partial charge is 0.273 e. The number of hydrogen-bond acceptors (Lipinski definition) is 3. The molecule has 0 aromatic carbocycles. The standard InChI is InChI=1S/C17H20BrF2N3O2/c1-11-4-5-13(18)21-15(11)16(25)23-10-17(19,20)7-6-12(23)9-22-8-2-3-14(22)24/h4-5,12H,2-3,6-10H2,1H3/t12-/m1/s1. The van der Waals surface area contributed by atoms with Crippen molar-refractivity contribution in [3.63, 3.8) is 0 Å². The van der Waals surface area contributed by atoms with Gasteiger partial charge in [0.15, 0.2) is 0 Å². The highest BCUT2D eigenvalue weighted by Gasteiger charge is 2.43. The monoisotopic (exact) mass is 415 g/mol. The van der Waals surface area contributed by atoms with Crippen molar-refractivity contribution < 1.29 is 18.4 Å². The van der Waals surface area contributed by atoms with Crippen LogP contribution in [-0.2, 0) is 4.79 Å². The molecule has 0 bridgehead atoms. The number of aromatic nitrogens is 1. The summed E-state index contributed by atoms with van der Waals surface area (Å²) in [5, 5.41) is 0. The summed E-state index contributed by atoms with van der Waals surface area (Å²) in [6.45, 7) is 2.04. The maximum Gasteiger partial charge on any atom is 0.273 e. The number of halogens is 3. The molecule has 3 heterocycles. The van der Waals surface area contributed by atoms with Crippen LogP contribution in [0, 0.1) is 6.92 Å². The highest BCUT2D eigenvalue weighted by atomic mass is 79.9. The molecule has 3 rings (SSSR count). The molecule has 0 aliphatic carbocycles. The van der Waals surface area contributed by atoms with Gasteiger partial charge < -0.3 is 9.80 Å². The van der Waals surface area contributed by atoms with E-state index in [-0.39, 0.29) is 24.4 Å². The number of carbonyl (C=O) groups is 2. The van der Waals surface area contributed by atoms with Gasteiger partial charge in [0.2, 0.25) is 5.91 Å². The molecule has 2 fully saturated rings. The average Bonchev–Trinajstić information content (AvgIpc) is 2.95. The Balaban J connectivity index is 1.85. The van der Waals surface area contributed by atoms with Gasteiger partial charge in [0.25, 0.3) is 11.8 Å². The minimum atomic E-state index is -2.92. The summed E-state index contributed by atoms with van der Waals surface area (Å²) in [5.41, 5.74) is 0.808. The first-order valence-electron chi connectivity index (χ1n) is 8.36. The van der Waals surface area contributed by atoms with Crippen molar-refractivity contribution in [2.75, 3.05) is 19.6 Å². The predicted molar refractivity (Wildman–Crippen MR) is 91.5 cm³/mol. The van der Waals surface area contributed by atoms with Gasteiger partial charge in [-0.25, -0.2) is 13.8 Å². The highest BCUT2D eigenvalue weighted by Crippen LogP contribution is 2.32. The van der Waals surface area contributed by atoms with Crippen LogP contribution in [0.15, 0.2) is 16.7 Å². The number of rotatable bonds is 3. The van der Waals surface area contributed by atoms with Crippen LogP contribution in [0.5, 0.6) is 0 Å². The number of piperidine rings is 1. The first kappa shape index (κ1) is 18.2. The first-order chi connectivity index (χ1) is 11.8. The molecule has 0 N–H and O–H groups in total. The van der Waals surface area contributed by atoms with Crippen LogP contribution in [0.3, 0.4) is 0 Å². The van der Waals surface area contributed by atoms with Gasteiger partial charge in [-0.3, -0.25) is 9.59 Å². The van der Waals surface area contributed by atoms with E-state index in [1.165, 1.54) is 4.90 Å². The van der Waals surface area contributed by atoms with Gasteiger partial charge in [-0.1, -0.05) is 6.07 Å². The molecule has 8 heteroatoms. The van der Waals surface area contributed by atoms with Gasteiger partial charge in [0.1, 0.15) is 10.3 Å². The minimum Gasteiger partial charge on any atom is -0.341 e. The fourth-order valence-electron chi connectivity index (χ4n) is 3.43. The lowest BCUT2D eigenvalue weighted by Gasteiger charge is -2.41. The molecule has 0 unspecified atom stereocenters. The highest BCUT2D eigenvalue weighted by molar-refractivity contribution is 9.10. The average molecular weight is 416 g/mol. The number of carbonyl (C=O) groups excluding carboxylic acids is 2. The summed E-state index contributed by atoms with van der Waals surface area (Å²) in [6, 6.07) is 3.03. The molecular weight excluding hydrogens is 396 g/mol. The fraction of sp³-hybridized carbons (Fsp3) is 0.588. The van der Waals surface area contributed by atoms with Crippen LogP contribution >= 0.6 is 15.9 Å². The lowest BCUT2D eigenvalue weighted by Crippen LogP contribution is -2.55. The second-order valence-electron chi connectivity index (χ2n) is 6.72.